The quantitative estimate of drug-likeness (QED) is 0.785. The number of rotatable bonds is 2. The van der Waals surface area contributed by atoms with Gasteiger partial charge in [-0.2, -0.15) is 5.10 Å². The van der Waals surface area contributed by atoms with Crippen molar-refractivity contribution in [2.24, 2.45) is 0 Å². The molecule has 22 heavy (non-hydrogen) atoms. The maximum atomic E-state index is 4.84. The van der Waals surface area contributed by atoms with Gasteiger partial charge in [0.05, 0.1) is 11.4 Å². The lowest BCUT2D eigenvalue weighted by Gasteiger charge is -2.10. The molecule has 1 N–H and O–H groups in total. The third-order valence-electron chi connectivity index (χ3n) is 4.22. The largest absolute Gasteiger partial charge is 0.316 e. The predicted molar refractivity (Wildman–Crippen MR) is 89.3 cm³/mol. The Bertz CT molecular complexity index is 751. The third kappa shape index (κ3) is 2.44. The van der Waals surface area contributed by atoms with Crippen LogP contribution in [0.4, 0.5) is 0 Å². The minimum Gasteiger partial charge on any atom is -0.316 e. The van der Waals surface area contributed by atoms with Crippen molar-refractivity contribution in [2.45, 2.75) is 12.8 Å². The number of nitrogens with one attached hydrogen (secondary N) is 1. The average Bonchev–Trinajstić information content (AvgIpc) is 2.86. The maximum Gasteiger partial charge on any atom is 0.0724 e. The van der Waals surface area contributed by atoms with Crippen molar-refractivity contribution < 1.29 is 0 Å². The van der Waals surface area contributed by atoms with Gasteiger partial charge in [0.1, 0.15) is 0 Å². The third-order valence-corrected chi connectivity index (χ3v) is 4.22. The fourth-order valence-electron chi connectivity index (χ4n) is 3.08. The molecule has 0 unspecified atom stereocenters. The first kappa shape index (κ1) is 13.3. The number of para-hydroxylation sites is 1. The zero-order chi connectivity index (χ0) is 14.8. The lowest BCUT2D eigenvalue weighted by Crippen LogP contribution is -2.16. The SMILES string of the molecule is c1ccc(-c2ccccc2-n2cc3c(n2)CCNCC3)cc1. The van der Waals surface area contributed by atoms with E-state index in [9.17, 15) is 0 Å². The van der Waals surface area contributed by atoms with E-state index in [-0.39, 0.29) is 0 Å². The van der Waals surface area contributed by atoms with E-state index in [1.165, 1.54) is 22.4 Å². The minimum atomic E-state index is 1.01. The highest BCUT2D eigenvalue weighted by atomic mass is 15.3. The summed E-state index contributed by atoms with van der Waals surface area (Å²) in [6.07, 6.45) is 4.27. The molecule has 3 heteroatoms. The van der Waals surface area contributed by atoms with E-state index in [2.05, 4.69) is 70.8 Å². The van der Waals surface area contributed by atoms with E-state index in [0.717, 1.165) is 31.6 Å². The van der Waals surface area contributed by atoms with Crippen LogP contribution in [-0.4, -0.2) is 22.9 Å². The molecule has 0 saturated carbocycles. The van der Waals surface area contributed by atoms with Gasteiger partial charge in [-0.1, -0.05) is 48.5 Å². The average molecular weight is 289 g/mol. The van der Waals surface area contributed by atoms with Crippen LogP contribution in [0.2, 0.25) is 0 Å². The van der Waals surface area contributed by atoms with Gasteiger partial charge in [-0.3, -0.25) is 0 Å². The summed E-state index contributed by atoms with van der Waals surface area (Å²) in [7, 11) is 0. The molecule has 0 amide bonds. The molecule has 0 aliphatic carbocycles. The molecule has 0 atom stereocenters. The Morgan fingerprint density at radius 2 is 1.64 bits per heavy atom. The molecule has 110 valence electrons. The molecular formula is C19H19N3. The Labute approximate surface area is 130 Å². The van der Waals surface area contributed by atoms with Crippen LogP contribution in [0.5, 0.6) is 0 Å². The lowest BCUT2D eigenvalue weighted by molar-refractivity contribution is 0.696. The number of hydrogen-bond donors (Lipinski definition) is 1. The molecule has 3 nitrogen and oxygen atoms in total. The molecule has 2 heterocycles. The first-order valence-electron chi connectivity index (χ1n) is 7.85. The number of fused-ring (bicyclic) bond motifs is 1. The molecule has 0 radical (unpaired) electrons. The van der Waals surface area contributed by atoms with Crippen LogP contribution in [-0.2, 0) is 12.8 Å². The first-order valence-corrected chi connectivity index (χ1v) is 7.85. The summed E-state index contributed by atoms with van der Waals surface area (Å²) in [6, 6.07) is 19.0. The van der Waals surface area contributed by atoms with Gasteiger partial charge < -0.3 is 5.32 Å². The van der Waals surface area contributed by atoms with Crippen LogP contribution < -0.4 is 5.32 Å². The first-order chi connectivity index (χ1) is 10.9. The molecule has 2 aromatic carbocycles. The van der Waals surface area contributed by atoms with Crippen molar-refractivity contribution in [3.63, 3.8) is 0 Å². The van der Waals surface area contributed by atoms with Gasteiger partial charge in [-0.05, 0) is 30.2 Å². The van der Waals surface area contributed by atoms with E-state index in [1.807, 2.05) is 0 Å². The summed E-state index contributed by atoms with van der Waals surface area (Å²) in [4.78, 5) is 0. The summed E-state index contributed by atoms with van der Waals surface area (Å²) in [5.74, 6) is 0. The van der Waals surface area contributed by atoms with Gasteiger partial charge in [0.25, 0.3) is 0 Å². The number of aromatic nitrogens is 2. The van der Waals surface area contributed by atoms with Crippen LogP contribution in [0.1, 0.15) is 11.3 Å². The van der Waals surface area contributed by atoms with Gasteiger partial charge in [0.15, 0.2) is 0 Å². The van der Waals surface area contributed by atoms with E-state index in [0.29, 0.717) is 0 Å². The van der Waals surface area contributed by atoms with Gasteiger partial charge >= 0.3 is 0 Å². The highest BCUT2D eigenvalue weighted by Gasteiger charge is 2.14. The molecule has 0 spiro atoms. The number of benzene rings is 2. The highest BCUT2D eigenvalue weighted by molar-refractivity contribution is 5.72. The summed E-state index contributed by atoms with van der Waals surface area (Å²) in [6.45, 7) is 2.06. The van der Waals surface area contributed by atoms with Crippen LogP contribution >= 0.6 is 0 Å². The monoisotopic (exact) mass is 289 g/mol. The Morgan fingerprint density at radius 1 is 0.864 bits per heavy atom. The molecule has 0 fully saturated rings. The van der Waals surface area contributed by atoms with Crippen LogP contribution in [0, 0.1) is 0 Å². The van der Waals surface area contributed by atoms with Crippen LogP contribution in [0.25, 0.3) is 16.8 Å². The zero-order valence-corrected chi connectivity index (χ0v) is 12.5. The summed E-state index contributed by atoms with van der Waals surface area (Å²) in [5.41, 5.74) is 6.19. The van der Waals surface area contributed by atoms with Gasteiger partial charge in [-0.15, -0.1) is 0 Å². The van der Waals surface area contributed by atoms with Gasteiger partial charge in [0, 0.05) is 24.7 Å². The highest BCUT2D eigenvalue weighted by Crippen LogP contribution is 2.27. The summed E-state index contributed by atoms with van der Waals surface area (Å²) < 4.78 is 2.05. The lowest BCUT2D eigenvalue weighted by atomic mass is 10.0. The fourth-order valence-corrected chi connectivity index (χ4v) is 3.08. The molecule has 1 aliphatic heterocycles. The molecular weight excluding hydrogens is 270 g/mol. The van der Waals surface area contributed by atoms with Crippen molar-refractivity contribution in [2.75, 3.05) is 13.1 Å². The standard InChI is InChI=1S/C19H19N3/c1-2-6-15(7-3-1)17-8-4-5-9-19(17)22-14-16-10-12-20-13-11-18(16)21-22/h1-9,14,20H,10-13H2. The minimum absolute atomic E-state index is 1.01. The predicted octanol–water partition coefficient (Wildman–Crippen LogP) is 3.23. The summed E-state index contributed by atoms with van der Waals surface area (Å²) in [5, 5.41) is 8.27. The Balaban J connectivity index is 1.81. The number of hydrogen-bond acceptors (Lipinski definition) is 2. The topological polar surface area (TPSA) is 29.9 Å². The van der Waals surface area contributed by atoms with Crippen molar-refractivity contribution in [3.05, 3.63) is 72.1 Å². The Kier molecular flexibility index (Phi) is 3.49. The summed E-state index contributed by atoms with van der Waals surface area (Å²) >= 11 is 0. The molecule has 0 saturated heterocycles. The van der Waals surface area contributed by atoms with Crippen LogP contribution in [0.15, 0.2) is 60.8 Å². The van der Waals surface area contributed by atoms with Crippen LogP contribution in [0.3, 0.4) is 0 Å². The fraction of sp³-hybridized carbons (Fsp3) is 0.211. The van der Waals surface area contributed by atoms with Crippen molar-refractivity contribution in [1.82, 2.24) is 15.1 Å². The van der Waals surface area contributed by atoms with E-state index in [1.54, 1.807) is 0 Å². The molecule has 3 aromatic rings. The normalized spacial score (nSPS) is 14.4. The number of nitrogens with zero attached hydrogens (tertiary/aromatic N) is 2. The second-order valence-corrected chi connectivity index (χ2v) is 5.68. The second kappa shape index (κ2) is 5.78. The second-order valence-electron chi connectivity index (χ2n) is 5.68. The Hall–Kier alpha value is -2.39. The van der Waals surface area contributed by atoms with E-state index in [4.69, 9.17) is 5.10 Å². The van der Waals surface area contributed by atoms with Crippen molar-refractivity contribution >= 4 is 0 Å². The molecule has 1 aliphatic rings. The van der Waals surface area contributed by atoms with Crippen molar-refractivity contribution in [1.29, 1.82) is 0 Å². The zero-order valence-electron chi connectivity index (χ0n) is 12.5. The van der Waals surface area contributed by atoms with Gasteiger partial charge in [0.2, 0.25) is 0 Å². The Morgan fingerprint density at radius 3 is 2.55 bits per heavy atom. The molecule has 4 rings (SSSR count). The van der Waals surface area contributed by atoms with E-state index < -0.39 is 0 Å². The molecule has 0 bridgehead atoms. The van der Waals surface area contributed by atoms with E-state index >= 15 is 0 Å². The molecule has 1 aromatic heterocycles. The van der Waals surface area contributed by atoms with Crippen molar-refractivity contribution in [3.8, 4) is 16.8 Å². The smallest absolute Gasteiger partial charge is 0.0724 e. The maximum absolute atomic E-state index is 4.84. The van der Waals surface area contributed by atoms with Gasteiger partial charge in [-0.25, -0.2) is 4.68 Å².